The zero-order valence-corrected chi connectivity index (χ0v) is 6.17. The first-order valence-electron chi connectivity index (χ1n) is 3.08. The van der Waals surface area contributed by atoms with E-state index in [9.17, 15) is 0 Å². The van der Waals surface area contributed by atoms with Gasteiger partial charge >= 0.3 is 0 Å². The zero-order chi connectivity index (χ0) is 7.70. The van der Waals surface area contributed by atoms with Crippen LogP contribution in [-0.2, 0) is 0 Å². The van der Waals surface area contributed by atoms with Crippen molar-refractivity contribution in [3.8, 4) is 0 Å². The van der Waals surface area contributed by atoms with Crippen molar-refractivity contribution in [1.82, 2.24) is 0 Å². The molecule has 0 saturated heterocycles. The molecule has 0 aromatic rings. The number of rotatable bonds is 2. The third-order valence-corrected chi connectivity index (χ3v) is 0.553. The highest BCUT2D eigenvalue weighted by molar-refractivity contribution is 4.60. The molecule has 9 heavy (non-hydrogen) atoms. The molecule has 0 aliphatic rings. The van der Waals surface area contributed by atoms with Crippen LogP contribution in [-0.4, -0.2) is 22.9 Å². The minimum absolute atomic E-state index is 0.139. The second kappa shape index (κ2) is 10.6. The zero-order valence-electron chi connectivity index (χ0n) is 6.17. The fourth-order valence-corrected chi connectivity index (χ4v) is 0. The van der Waals surface area contributed by atoms with E-state index in [1.807, 2.05) is 6.08 Å². The van der Waals surface area contributed by atoms with Gasteiger partial charge in [-0.25, -0.2) is 0 Å². The van der Waals surface area contributed by atoms with Crippen molar-refractivity contribution in [1.29, 1.82) is 0 Å². The third kappa shape index (κ3) is 34.7. The van der Waals surface area contributed by atoms with Crippen LogP contribution in [0.3, 0.4) is 0 Å². The van der Waals surface area contributed by atoms with E-state index in [0.29, 0.717) is 0 Å². The Morgan fingerprint density at radius 3 is 1.89 bits per heavy atom. The van der Waals surface area contributed by atoms with Crippen LogP contribution in [0, 0.1) is 0 Å². The summed E-state index contributed by atoms with van der Waals surface area (Å²) in [5, 5.41) is 16.0. The fraction of sp³-hybridized carbons (Fsp3) is 0.714. The van der Waals surface area contributed by atoms with Crippen molar-refractivity contribution in [3.05, 3.63) is 12.7 Å². The molecular formula is C7H16O2. The van der Waals surface area contributed by atoms with Crippen molar-refractivity contribution < 1.29 is 10.2 Å². The molecule has 2 heteroatoms. The molecule has 0 amide bonds. The van der Waals surface area contributed by atoms with Gasteiger partial charge in [-0.15, -0.1) is 6.58 Å². The molecule has 0 aromatic carbocycles. The van der Waals surface area contributed by atoms with Crippen molar-refractivity contribution in [2.24, 2.45) is 0 Å². The van der Waals surface area contributed by atoms with Gasteiger partial charge in [0, 0.05) is 0 Å². The lowest BCUT2D eigenvalue weighted by Gasteiger charge is -1.90. The summed E-state index contributed by atoms with van der Waals surface area (Å²) in [6.45, 7) is 6.93. The van der Waals surface area contributed by atoms with Crippen LogP contribution >= 0.6 is 0 Å². The number of aliphatic hydroxyl groups excluding tert-OH is 2. The van der Waals surface area contributed by atoms with E-state index in [4.69, 9.17) is 10.2 Å². The van der Waals surface area contributed by atoms with Crippen molar-refractivity contribution in [2.45, 2.75) is 26.4 Å². The first kappa shape index (κ1) is 11.5. The molecule has 1 unspecified atom stereocenters. The number of hydrogen-bond acceptors (Lipinski definition) is 2. The van der Waals surface area contributed by atoms with Crippen LogP contribution in [0.25, 0.3) is 0 Å². The standard InChI is InChI=1S/C4H8.C3H8O2/c1-3-4-2;1-3(5)2-4/h3H,1,4H2,2H3;3-5H,2H2,1H3. The molecule has 1 atom stereocenters. The van der Waals surface area contributed by atoms with E-state index in [-0.39, 0.29) is 6.61 Å². The van der Waals surface area contributed by atoms with Crippen LogP contribution in [0.2, 0.25) is 0 Å². The SMILES string of the molecule is C=CCC.CC(O)CO. The van der Waals surface area contributed by atoms with Gasteiger partial charge < -0.3 is 10.2 Å². The van der Waals surface area contributed by atoms with E-state index in [1.165, 1.54) is 6.92 Å². The molecule has 56 valence electrons. The van der Waals surface area contributed by atoms with E-state index in [1.54, 1.807) is 0 Å². The Hall–Kier alpha value is -0.340. The van der Waals surface area contributed by atoms with Crippen LogP contribution in [0.5, 0.6) is 0 Å². The van der Waals surface area contributed by atoms with Gasteiger partial charge in [-0.1, -0.05) is 13.0 Å². The number of hydrogen-bond donors (Lipinski definition) is 2. The second-order valence-electron chi connectivity index (χ2n) is 1.73. The van der Waals surface area contributed by atoms with Crippen molar-refractivity contribution in [2.75, 3.05) is 6.61 Å². The molecule has 0 aliphatic carbocycles. The maximum atomic E-state index is 8.11. The summed E-state index contributed by atoms with van der Waals surface area (Å²) >= 11 is 0. The number of aliphatic hydroxyl groups is 2. The summed E-state index contributed by atoms with van der Waals surface area (Å²) in [6.07, 6.45) is 2.40. The lowest BCUT2D eigenvalue weighted by atomic mass is 10.5. The normalized spacial score (nSPS) is 11.1. The van der Waals surface area contributed by atoms with Gasteiger partial charge in [0.05, 0.1) is 12.7 Å². The maximum absolute atomic E-state index is 8.11. The average molecular weight is 132 g/mol. The molecule has 0 heterocycles. The van der Waals surface area contributed by atoms with Gasteiger partial charge in [0.2, 0.25) is 0 Å². The lowest BCUT2D eigenvalue weighted by Crippen LogP contribution is -2.03. The molecule has 0 aromatic heterocycles. The predicted octanol–water partition coefficient (Wildman–Crippen LogP) is 0.942. The smallest absolute Gasteiger partial charge is 0.0742 e. The summed E-state index contributed by atoms with van der Waals surface area (Å²) in [7, 11) is 0. The van der Waals surface area contributed by atoms with Crippen LogP contribution < -0.4 is 0 Å². The topological polar surface area (TPSA) is 40.5 Å². The fourth-order valence-electron chi connectivity index (χ4n) is 0. The molecular weight excluding hydrogens is 116 g/mol. The maximum Gasteiger partial charge on any atom is 0.0742 e. The minimum atomic E-state index is -0.560. The van der Waals surface area contributed by atoms with Gasteiger partial charge in [-0.3, -0.25) is 0 Å². The Morgan fingerprint density at radius 1 is 1.67 bits per heavy atom. The first-order valence-corrected chi connectivity index (χ1v) is 3.08. The van der Waals surface area contributed by atoms with Gasteiger partial charge in [-0.2, -0.15) is 0 Å². The highest BCUT2D eigenvalue weighted by Crippen LogP contribution is 1.68. The molecule has 0 bridgehead atoms. The molecule has 0 aliphatic heterocycles. The van der Waals surface area contributed by atoms with Gasteiger partial charge in [0.25, 0.3) is 0 Å². The van der Waals surface area contributed by atoms with E-state index in [0.717, 1.165) is 6.42 Å². The molecule has 2 nitrogen and oxygen atoms in total. The molecule has 0 rings (SSSR count). The van der Waals surface area contributed by atoms with Crippen LogP contribution in [0.1, 0.15) is 20.3 Å². The van der Waals surface area contributed by atoms with Gasteiger partial charge in [0.1, 0.15) is 0 Å². The predicted molar refractivity (Wildman–Crippen MR) is 39.3 cm³/mol. The highest BCUT2D eigenvalue weighted by atomic mass is 16.3. The van der Waals surface area contributed by atoms with Crippen LogP contribution in [0.4, 0.5) is 0 Å². The van der Waals surface area contributed by atoms with Crippen LogP contribution in [0.15, 0.2) is 12.7 Å². The largest absolute Gasteiger partial charge is 0.394 e. The number of allylic oxidation sites excluding steroid dienone is 1. The Labute approximate surface area is 56.8 Å². The Kier molecular flexibility index (Phi) is 13.5. The summed E-state index contributed by atoms with van der Waals surface area (Å²) in [4.78, 5) is 0. The lowest BCUT2D eigenvalue weighted by molar-refractivity contribution is 0.110. The summed E-state index contributed by atoms with van der Waals surface area (Å²) < 4.78 is 0. The summed E-state index contributed by atoms with van der Waals surface area (Å²) in [6, 6.07) is 0. The molecule has 0 saturated carbocycles. The molecule has 0 spiro atoms. The monoisotopic (exact) mass is 132 g/mol. The summed E-state index contributed by atoms with van der Waals surface area (Å²) in [5.41, 5.74) is 0. The molecule has 2 N–H and O–H groups in total. The van der Waals surface area contributed by atoms with Crippen molar-refractivity contribution >= 4 is 0 Å². The quantitative estimate of drug-likeness (QED) is 0.549. The second-order valence-corrected chi connectivity index (χ2v) is 1.73. The van der Waals surface area contributed by atoms with Crippen molar-refractivity contribution in [3.63, 3.8) is 0 Å². The third-order valence-electron chi connectivity index (χ3n) is 0.553. The van der Waals surface area contributed by atoms with E-state index >= 15 is 0 Å². The Morgan fingerprint density at radius 2 is 1.89 bits per heavy atom. The highest BCUT2D eigenvalue weighted by Gasteiger charge is 1.83. The molecule has 0 radical (unpaired) electrons. The summed E-state index contributed by atoms with van der Waals surface area (Å²) in [5.74, 6) is 0. The van der Waals surface area contributed by atoms with Gasteiger partial charge in [0.15, 0.2) is 0 Å². The average Bonchev–Trinajstić information content (AvgIpc) is 1.89. The van der Waals surface area contributed by atoms with E-state index < -0.39 is 6.10 Å². The molecule has 0 fully saturated rings. The first-order chi connectivity index (χ1) is 4.18. The Bertz CT molecular complexity index is 50.9. The minimum Gasteiger partial charge on any atom is -0.394 e. The van der Waals surface area contributed by atoms with E-state index in [2.05, 4.69) is 13.5 Å². The van der Waals surface area contributed by atoms with Gasteiger partial charge in [-0.05, 0) is 13.3 Å². The Balaban J connectivity index is 0.